The van der Waals surface area contributed by atoms with Crippen LogP contribution in [0.3, 0.4) is 0 Å². The molecular weight excluding hydrogens is 252 g/mol. The first kappa shape index (κ1) is 12.9. The minimum absolute atomic E-state index is 0.0131. The Morgan fingerprint density at radius 1 is 1.50 bits per heavy atom. The van der Waals surface area contributed by atoms with Gasteiger partial charge in [0.25, 0.3) is 0 Å². The molecule has 0 unspecified atom stereocenters. The molecular formula is C12H14N2O3S. The molecule has 0 spiro atoms. The van der Waals surface area contributed by atoms with Gasteiger partial charge in [0.15, 0.2) is 0 Å². The van der Waals surface area contributed by atoms with Crippen molar-refractivity contribution in [2.45, 2.75) is 24.5 Å². The van der Waals surface area contributed by atoms with Crippen molar-refractivity contribution in [3.8, 4) is 11.8 Å². The topological polar surface area (TPSA) is 79.3 Å². The van der Waals surface area contributed by atoms with E-state index in [1.165, 1.54) is 6.20 Å². The van der Waals surface area contributed by atoms with Gasteiger partial charge in [-0.05, 0) is 25.0 Å². The van der Waals surface area contributed by atoms with Gasteiger partial charge in [-0.15, -0.1) is 0 Å². The maximum absolute atomic E-state index is 11.7. The van der Waals surface area contributed by atoms with Crippen molar-refractivity contribution in [1.29, 1.82) is 0 Å². The third-order valence-corrected chi connectivity index (χ3v) is 4.28. The van der Waals surface area contributed by atoms with Crippen LogP contribution in [-0.4, -0.2) is 30.4 Å². The van der Waals surface area contributed by atoms with Crippen molar-refractivity contribution in [2.24, 2.45) is 0 Å². The average Bonchev–Trinajstić information content (AvgIpc) is 3.13. The Morgan fingerprint density at radius 2 is 2.28 bits per heavy atom. The van der Waals surface area contributed by atoms with E-state index in [4.69, 9.17) is 5.11 Å². The summed E-state index contributed by atoms with van der Waals surface area (Å²) in [4.78, 5) is 3.96. The first-order valence-corrected chi connectivity index (χ1v) is 7.24. The summed E-state index contributed by atoms with van der Waals surface area (Å²) in [5.41, 5.74) is 0.673. The van der Waals surface area contributed by atoms with Crippen LogP contribution >= 0.6 is 0 Å². The van der Waals surface area contributed by atoms with Crippen LogP contribution in [0.15, 0.2) is 18.3 Å². The Morgan fingerprint density at radius 3 is 2.94 bits per heavy atom. The fourth-order valence-corrected chi connectivity index (χ4v) is 2.72. The number of sulfonamides is 1. The summed E-state index contributed by atoms with van der Waals surface area (Å²) in [6, 6.07) is 3.28. The van der Waals surface area contributed by atoms with E-state index in [0.29, 0.717) is 24.8 Å². The minimum atomic E-state index is -3.28. The van der Waals surface area contributed by atoms with Gasteiger partial charge in [0.05, 0.1) is 11.9 Å². The molecule has 1 saturated carbocycles. The molecule has 1 aliphatic rings. The van der Waals surface area contributed by atoms with Gasteiger partial charge < -0.3 is 5.11 Å². The molecule has 0 saturated heterocycles. The van der Waals surface area contributed by atoms with Crippen molar-refractivity contribution >= 4 is 15.8 Å². The molecule has 5 nitrogen and oxygen atoms in total. The second-order valence-corrected chi connectivity index (χ2v) is 6.01. The number of nitrogens with one attached hydrogen (secondary N) is 1. The Hall–Kier alpha value is -1.58. The van der Waals surface area contributed by atoms with Gasteiger partial charge in [0.1, 0.15) is 5.82 Å². The van der Waals surface area contributed by atoms with E-state index >= 15 is 0 Å². The van der Waals surface area contributed by atoms with Gasteiger partial charge in [-0.2, -0.15) is 0 Å². The highest BCUT2D eigenvalue weighted by atomic mass is 32.2. The number of aromatic nitrogens is 1. The normalized spacial score (nSPS) is 14.7. The summed E-state index contributed by atoms with van der Waals surface area (Å²) < 4.78 is 25.9. The van der Waals surface area contributed by atoms with Crippen molar-refractivity contribution < 1.29 is 13.5 Å². The van der Waals surface area contributed by atoms with Gasteiger partial charge >= 0.3 is 0 Å². The molecule has 1 aromatic heterocycles. The van der Waals surface area contributed by atoms with E-state index in [0.717, 1.165) is 0 Å². The first-order valence-electron chi connectivity index (χ1n) is 5.69. The summed E-state index contributed by atoms with van der Waals surface area (Å²) in [5, 5.41) is 8.34. The third kappa shape index (κ3) is 3.45. The van der Waals surface area contributed by atoms with Crippen LogP contribution in [0.1, 0.15) is 24.8 Å². The lowest BCUT2D eigenvalue weighted by molar-refractivity contribution is 0.305. The molecule has 1 aromatic rings. The number of hydrogen-bond acceptors (Lipinski definition) is 4. The highest BCUT2D eigenvalue weighted by molar-refractivity contribution is 7.93. The summed E-state index contributed by atoms with van der Waals surface area (Å²) in [5.74, 6) is 5.89. The van der Waals surface area contributed by atoms with Crippen molar-refractivity contribution in [2.75, 3.05) is 11.3 Å². The lowest BCUT2D eigenvalue weighted by Gasteiger charge is -2.05. The SMILES string of the molecule is O=S(=O)(Nc1cc(C#CCCO)ccn1)C1CC1. The van der Waals surface area contributed by atoms with E-state index in [1.807, 2.05) is 0 Å². The number of nitrogens with zero attached hydrogens (tertiary/aromatic N) is 1. The van der Waals surface area contributed by atoms with Crippen LogP contribution < -0.4 is 4.72 Å². The number of anilines is 1. The molecule has 1 heterocycles. The van der Waals surface area contributed by atoms with Gasteiger partial charge in [0, 0.05) is 18.2 Å². The zero-order chi connectivity index (χ0) is 13.0. The largest absolute Gasteiger partial charge is 0.395 e. The van der Waals surface area contributed by atoms with Crippen LogP contribution in [0.25, 0.3) is 0 Å². The molecule has 6 heteroatoms. The number of pyridine rings is 1. The predicted molar refractivity (Wildman–Crippen MR) is 68.4 cm³/mol. The van der Waals surface area contributed by atoms with Crippen molar-refractivity contribution in [3.05, 3.63) is 23.9 Å². The number of hydrogen-bond donors (Lipinski definition) is 2. The molecule has 0 aromatic carbocycles. The van der Waals surface area contributed by atoms with E-state index in [1.54, 1.807) is 12.1 Å². The van der Waals surface area contributed by atoms with Crippen LogP contribution in [-0.2, 0) is 10.0 Å². The van der Waals surface area contributed by atoms with E-state index in [9.17, 15) is 8.42 Å². The maximum Gasteiger partial charge on any atom is 0.236 e. The zero-order valence-corrected chi connectivity index (χ0v) is 10.6. The zero-order valence-electron chi connectivity index (χ0n) is 9.76. The Labute approximate surface area is 106 Å². The number of aliphatic hydroxyl groups excluding tert-OH is 1. The van der Waals surface area contributed by atoms with E-state index in [-0.39, 0.29) is 17.7 Å². The second kappa shape index (κ2) is 5.38. The lowest BCUT2D eigenvalue weighted by Crippen LogP contribution is -2.18. The van der Waals surface area contributed by atoms with Crippen LogP contribution in [0.5, 0.6) is 0 Å². The molecule has 1 aliphatic carbocycles. The highest BCUT2D eigenvalue weighted by Crippen LogP contribution is 2.29. The van der Waals surface area contributed by atoms with Gasteiger partial charge in [0.2, 0.25) is 10.0 Å². The fourth-order valence-electron chi connectivity index (χ4n) is 1.39. The molecule has 96 valence electrons. The summed E-state index contributed by atoms with van der Waals surface area (Å²) in [6.07, 6.45) is 3.33. The van der Waals surface area contributed by atoms with Crippen molar-refractivity contribution in [3.63, 3.8) is 0 Å². The average molecular weight is 266 g/mol. The molecule has 0 bridgehead atoms. The Kier molecular flexibility index (Phi) is 3.84. The standard InChI is InChI=1S/C12H14N2O3S/c15-8-2-1-3-10-6-7-13-12(9-10)14-18(16,17)11-4-5-11/h6-7,9,11,15H,2,4-5,8H2,(H,13,14). The molecule has 0 radical (unpaired) electrons. The monoisotopic (exact) mass is 266 g/mol. The third-order valence-electron chi connectivity index (χ3n) is 2.44. The molecule has 1 fully saturated rings. The Balaban J connectivity index is 2.10. The fraction of sp³-hybridized carbons (Fsp3) is 0.417. The number of aliphatic hydroxyl groups is 1. The molecule has 18 heavy (non-hydrogen) atoms. The van der Waals surface area contributed by atoms with Crippen LogP contribution in [0, 0.1) is 11.8 Å². The molecule has 0 amide bonds. The summed E-state index contributed by atoms with van der Waals surface area (Å²) in [7, 11) is -3.28. The molecule has 0 atom stereocenters. The van der Waals surface area contributed by atoms with Crippen LogP contribution in [0.4, 0.5) is 5.82 Å². The maximum atomic E-state index is 11.7. The quantitative estimate of drug-likeness (QED) is 0.787. The predicted octanol–water partition coefficient (Wildman–Crippen LogP) is 0.720. The van der Waals surface area contributed by atoms with Crippen LogP contribution in [0.2, 0.25) is 0 Å². The Bertz CT molecular complexity index is 583. The van der Waals surface area contributed by atoms with E-state index < -0.39 is 10.0 Å². The van der Waals surface area contributed by atoms with Crippen molar-refractivity contribution in [1.82, 2.24) is 4.98 Å². The van der Waals surface area contributed by atoms with Gasteiger partial charge in [-0.25, -0.2) is 13.4 Å². The first-order chi connectivity index (χ1) is 8.62. The van der Waals surface area contributed by atoms with E-state index in [2.05, 4.69) is 21.5 Å². The molecule has 2 rings (SSSR count). The smallest absolute Gasteiger partial charge is 0.236 e. The summed E-state index contributed by atoms with van der Waals surface area (Å²) in [6.45, 7) is 0.0131. The molecule has 2 N–H and O–H groups in total. The summed E-state index contributed by atoms with van der Waals surface area (Å²) >= 11 is 0. The van der Waals surface area contributed by atoms with Gasteiger partial charge in [-0.1, -0.05) is 11.8 Å². The van der Waals surface area contributed by atoms with Gasteiger partial charge in [-0.3, -0.25) is 4.72 Å². The molecule has 0 aliphatic heterocycles. The number of rotatable bonds is 4. The highest BCUT2D eigenvalue weighted by Gasteiger charge is 2.35. The minimum Gasteiger partial charge on any atom is -0.395 e. The second-order valence-electron chi connectivity index (χ2n) is 4.05. The lowest BCUT2D eigenvalue weighted by atomic mass is 10.2.